The molecule has 0 radical (unpaired) electrons. The molecule has 0 bridgehead atoms. The first-order chi connectivity index (χ1) is 17.9. The van der Waals surface area contributed by atoms with E-state index in [-0.39, 0.29) is 50.5 Å². The Labute approximate surface area is 214 Å². The van der Waals surface area contributed by atoms with Crippen LogP contribution in [0.5, 0.6) is 0 Å². The van der Waals surface area contributed by atoms with Crippen molar-refractivity contribution in [2.45, 2.75) is 51.5 Å². The van der Waals surface area contributed by atoms with Crippen LogP contribution >= 0.6 is 0 Å². The third kappa shape index (κ3) is 6.61. The summed E-state index contributed by atoms with van der Waals surface area (Å²) in [6, 6.07) is 15.4. The zero-order valence-corrected chi connectivity index (χ0v) is 20.3. The second kappa shape index (κ2) is 12.0. The number of carbonyl (C=O) groups excluding carboxylic acids is 5. The maximum atomic E-state index is 13.2. The number of nitrogens with one attached hydrogen (secondary N) is 1. The van der Waals surface area contributed by atoms with Gasteiger partial charge < -0.3 is 15.1 Å². The van der Waals surface area contributed by atoms with Crippen molar-refractivity contribution in [1.82, 2.24) is 10.4 Å². The predicted octanol–water partition coefficient (Wildman–Crippen LogP) is 2.61. The molecular formula is C28H27N3O6. The van der Waals surface area contributed by atoms with Crippen LogP contribution in [0, 0.1) is 11.8 Å². The minimum atomic E-state index is -0.769. The van der Waals surface area contributed by atoms with E-state index in [0.717, 1.165) is 22.4 Å². The van der Waals surface area contributed by atoms with E-state index in [1.807, 2.05) is 48.5 Å². The fourth-order valence-electron chi connectivity index (χ4n) is 4.10. The Morgan fingerprint density at radius 1 is 0.838 bits per heavy atom. The van der Waals surface area contributed by atoms with Gasteiger partial charge in [0.2, 0.25) is 11.8 Å². The molecule has 4 amide bonds. The maximum Gasteiger partial charge on any atom is 0.334 e. The molecule has 2 aromatic carbocycles. The van der Waals surface area contributed by atoms with Gasteiger partial charge in [0, 0.05) is 43.4 Å². The van der Waals surface area contributed by atoms with Gasteiger partial charge in [0.15, 0.2) is 0 Å². The number of fused-ring (bicyclic) bond motifs is 2. The number of hydrogen-bond donors (Lipinski definition) is 1. The maximum absolute atomic E-state index is 13.2. The summed E-state index contributed by atoms with van der Waals surface area (Å²) in [6.07, 6.45) is 1.40. The van der Waals surface area contributed by atoms with E-state index in [1.165, 1.54) is 0 Å². The van der Waals surface area contributed by atoms with Gasteiger partial charge in [-0.3, -0.25) is 19.2 Å². The van der Waals surface area contributed by atoms with Gasteiger partial charge in [-0.15, -0.1) is 5.06 Å². The number of unbranched alkanes of at least 4 members (excludes halogenated alkanes) is 1. The molecular weight excluding hydrogens is 474 g/mol. The van der Waals surface area contributed by atoms with E-state index in [1.54, 1.807) is 4.90 Å². The molecule has 2 aliphatic rings. The van der Waals surface area contributed by atoms with Crippen LogP contribution in [-0.4, -0.2) is 41.2 Å². The average molecular weight is 502 g/mol. The average Bonchev–Trinajstić information content (AvgIpc) is 3.20. The molecule has 4 rings (SSSR count). The molecule has 0 spiro atoms. The Bertz CT molecular complexity index is 1280. The first kappa shape index (κ1) is 25.6. The van der Waals surface area contributed by atoms with Crippen molar-refractivity contribution in [3.63, 3.8) is 0 Å². The Hall–Kier alpha value is -4.45. The zero-order chi connectivity index (χ0) is 26.2. The van der Waals surface area contributed by atoms with Crippen LogP contribution in [0.1, 0.15) is 61.6 Å². The molecule has 190 valence electrons. The third-order valence-electron chi connectivity index (χ3n) is 6.07. The lowest BCUT2D eigenvalue weighted by Gasteiger charge is -2.26. The van der Waals surface area contributed by atoms with Crippen molar-refractivity contribution < 1.29 is 28.8 Å². The van der Waals surface area contributed by atoms with Gasteiger partial charge in [0.05, 0.1) is 18.7 Å². The van der Waals surface area contributed by atoms with E-state index in [4.69, 9.17) is 4.84 Å². The van der Waals surface area contributed by atoms with Crippen LogP contribution in [0.2, 0.25) is 0 Å². The first-order valence-corrected chi connectivity index (χ1v) is 12.2. The summed E-state index contributed by atoms with van der Waals surface area (Å²) in [4.78, 5) is 66.6. The highest BCUT2D eigenvalue weighted by Crippen LogP contribution is 2.26. The van der Waals surface area contributed by atoms with E-state index in [0.29, 0.717) is 24.4 Å². The van der Waals surface area contributed by atoms with E-state index in [2.05, 4.69) is 17.2 Å². The lowest BCUT2D eigenvalue weighted by atomic mass is 10.0. The summed E-state index contributed by atoms with van der Waals surface area (Å²) in [6.45, 7) is 0.448. The van der Waals surface area contributed by atoms with E-state index < -0.39 is 17.8 Å². The summed E-state index contributed by atoms with van der Waals surface area (Å²) < 4.78 is 0. The predicted molar refractivity (Wildman–Crippen MR) is 133 cm³/mol. The smallest absolute Gasteiger partial charge is 0.334 e. The molecule has 2 heterocycles. The molecule has 2 aliphatic heterocycles. The lowest BCUT2D eigenvalue weighted by Crippen LogP contribution is -2.34. The van der Waals surface area contributed by atoms with E-state index >= 15 is 0 Å². The number of carbonyl (C=O) groups is 5. The van der Waals surface area contributed by atoms with Crippen LogP contribution in [0.3, 0.4) is 0 Å². The number of nitrogens with zero attached hydrogens (tertiary/aromatic N) is 2. The van der Waals surface area contributed by atoms with Gasteiger partial charge >= 0.3 is 5.97 Å². The summed E-state index contributed by atoms with van der Waals surface area (Å²) >= 11 is 0. The number of rotatable bonds is 9. The highest BCUT2D eigenvalue weighted by atomic mass is 16.7. The second-order valence-electron chi connectivity index (χ2n) is 8.76. The molecule has 0 saturated carbocycles. The Kier molecular flexibility index (Phi) is 8.31. The SMILES string of the molecule is O=C(CCCCC(=O)N1Cc2ccccc2C#Cc2ccccc21)NCCC(=O)ON1C(=O)CCC1=O. The molecule has 1 saturated heterocycles. The zero-order valence-electron chi connectivity index (χ0n) is 20.3. The van der Waals surface area contributed by atoms with Gasteiger partial charge in [-0.2, -0.15) is 0 Å². The fourth-order valence-corrected chi connectivity index (χ4v) is 4.10. The van der Waals surface area contributed by atoms with Gasteiger partial charge in [0.25, 0.3) is 11.8 Å². The van der Waals surface area contributed by atoms with Crippen molar-refractivity contribution in [2.75, 3.05) is 11.4 Å². The summed E-state index contributed by atoms with van der Waals surface area (Å²) in [5, 5.41) is 3.10. The Morgan fingerprint density at radius 3 is 2.27 bits per heavy atom. The minimum Gasteiger partial charge on any atom is -0.356 e. The first-order valence-electron chi connectivity index (χ1n) is 12.2. The summed E-state index contributed by atoms with van der Waals surface area (Å²) in [5.41, 5.74) is 3.45. The van der Waals surface area contributed by atoms with Crippen molar-refractivity contribution in [3.8, 4) is 11.8 Å². The topological polar surface area (TPSA) is 113 Å². The molecule has 0 aliphatic carbocycles. The van der Waals surface area contributed by atoms with Gasteiger partial charge in [0.1, 0.15) is 0 Å². The van der Waals surface area contributed by atoms with Crippen LogP contribution in [0.4, 0.5) is 5.69 Å². The van der Waals surface area contributed by atoms with Crippen molar-refractivity contribution in [1.29, 1.82) is 0 Å². The van der Waals surface area contributed by atoms with Crippen LogP contribution in [0.25, 0.3) is 0 Å². The van der Waals surface area contributed by atoms with Crippen molar-refractivity contribution in [3.05, 3.63) is 65.2 Å². The van der Waals surface area contributed by atoms with Gasteiger partial charge in [-0.1, -0.05) is 42.2 Å². The molecule has 9 nitrogen and oxygen atoms in total. The molecule has 1 fully saturated rings. The van der Waals surface area contributed by atoms with Crippen molar-refractivity contribution >= 4 is 35.3 Å². The van der Waals surface area contributed by atoms with Crippen LogP contribution in [0.15, 0.2) is 48.5 Å². The normalized spacial score (nSPS) is 14.1. The van der Waals surface area contributed by atoms with Crippen LogP contribution < -0.4 is 10.2 Å². The molecule has 9 heteroatoms. The Morgan fingerprint density at radius 2 is 1.49 bits per heavy atom. The Balaban J connectivity index is 1.21. The molecule has 0 aromatic heterocycles. The number of imide groups is 1. The van der Waals surface area contributed by atoms with E-state index in [9.17, 15) is 24.0 Å². The number of para-hydroxylation sites is 1. The number of benzene rings is 2. The lowest BCUT2D eigenvalue weighted by molar-refractivity contribution is -0.197. The van der Waals surface area contributed by atoms with Crippen LogP contribution in [-0.2, 0) is 35.4 Å². The number of hydrogen-bond acceptors (Lipinski definition) is 6. The molecule has 37 heavy (non-hydrogen) atoms. The second-order valence-corrected chi connectivity index (χ2v) is 8.76. The quantitative estimate of drug-likeness (QED) is 0.321. The van der Waals surface area contributed by atoms with Gasteiger partial charge in [-0.05, 0) is 36.6 Å². The molecule has 2 aromatic rings. The minimum absolute atomic E-state index is 0.0248. The largest absolute Gasteiger partial charge is 0.356 e. The number of hydroxylamine groups is 2. The molecule has 0 atom stereocenters. The highest BCUT2D eigenvalue weighted by molar-refractivity contribution is 6.01. The number of amides is 4. The monoisotopic (exact) mass is 501 g/mol. The molecule has 0 unspecified atom stereocenters. The molecule has 1 N–H and O–H groups in total. The summed E-state index contributed by atoms with van der Waals surface area (Å²) in [5.74, 6) is 4.21. The highest BCUT2D eigenvalue weighted by Gasteiger charge is 2.32. The standard InChI is InChI=1S/C28H27N3O6/c32-24(29-18-17-28(36)37-31-26(34)15-16-27(31)35)11-5-6-12-25(33)30-19-22-9-2-1-7-20(22)13-14-21-8-3-4-10-23(21)30/h1-4,7-10H,5-6,11-12,15-19H2,(H,29,32). The van der Waals surface area contributed by atoms with Gasteiger partial charge in [-0.25, -0.2) is 4.79 Å². The number of anilines is 1. The fraction of sp³-hybridized carbons (Fsp3) is 0.321. The summed E-state index contributed by atoms with van der Waals surface area (Å²) in [7, 11) is 0. The van der Waals surface area contributed by atoms with Crippen molar-refractivity contribution in [2.24, 2.45) is 0 Å². The third-order valence-corrected chi connectivity index (χ3v) is 6.07.